The van der Waals surface area contributed by atoms with Crippen molar-refractivity contribution in [2.45, 2.75) is 212 Å². The van der Waals surface area contributed by atoms with Crippen molar-refractivity contribution in [3.8, 4) is 24.2 Å². The molecule has 2 amide bonds. The van der Waals surface area contributed by atoms with Crippen LogP contribution in [-0.4, -0.2) is 229 Å². The number of carbonyl (C=O) groups excluding carboxylic acids is 2. The van der Waals surface area contributed by atoms with Gasteiger partial charge in [0.2, 0.25) is 11.8 Å². The van der Waals surface area contributed by atoms with Crippen molar-refractivity contribution in [3.05, 3.63) is 195 Å². The first-order chi connectivity index (χ1) is 58.8. The van der Waals surface area contributed by atoms with Gasteiger partial charge in [-0.3, -0.25) is 19.2 Å². The molecule has 680 valence electrons. The van der Waals surface area contributed by atoms with Crippen LogP contribution in [0, 0.1) is 62.0 Å². The molecule has 0 spiro atoms. The summed E-state index contributed by atoms with van der Waals surface area (Å²) in [4.78, 5) is 85.4. The molecule has 12 aliphatic rings. The van der Waals surface area contributed by atoms with Crippen molar-refractivity contribution >= 4 is 74.0 Å². The van der Waals surface area contributed by atoms with E-state index in [4.69, 9.17) is 41.5 Å². The van der Waals surface area contributed by atoms with Crippen LogP contribution in [0.1, 0.15) is 217 Å². The maximum Gasteiger partial charge on any atom is 0.303 e. The Morgan fingerprint density at radius 3 is 1.25 bits per heavy atom. The third-order valence-corrected chi connectivity index (χ3v) is 26.6. The van der Waals surface area contributed by atoms with Crippen LogP contribution in [0.25, 0.3) is 0 Å². The van der Waals surface area contributed by atoms with Gasteiger partial charge in [0.05, 0.1) is 147 Å². The van der Waals surface area contributed by atoms with Gasteiger partial charge in [0.25, 0.3) is 0 Å². The summed E-state index contributed by atoms with van der Waals surface area (Å²) in [6, 6.07) is 0. The monoisotopic (exact) mass is 1780 g/mol. The number of quaternary nitrogens is 4. The maximum atomic E-state index is 14.4. The van der Waals surface area contributed by atoms with Crippen molar-refractivity contribution in [2.24, 2.45) is 53.6 Å². The Labute approximate surface area is 760 Å². The van der Waals surface area contributed by atoms with E-state index in [1.54, 1.807) is 0 Å². The predicted molar refractivity (Wildman–Crippen MR) is 520 cm³/mol. The Balaban J connectivity index is 0.000000358. The number of aliphatic carboxylic acids is 2. The zero-order chi connectivity index (χ0) is 91.8. The summed E-state index contributed by atoms with van der Waals surface area (Å²) in [7, 11) is 30.0. The van der Waals surface area contributed by atoms with Crippen LogP contribution >= 0.6 is 15.9 Å². The number of rotatable bonds is 32. The van der Waals surface area contributed by atoms with Crippen molar-refractivity contribution in [2.75, 3.05) is 123 Å². The summed E-state index contributed by atoms with van der Waals surface area (Å²) in [6.07, 6.45) is 25.3. The van der Waals surface area contributed by atoms with Gasteiger partial charge in [-0.1, -0.05) is 53.4 Å². The number of aliphatic hydroxyl groups is 2. The first kappa shape index (κ1) is 97.6. The van der Waals surface area contributed by atoms with Crippen LogP contribution in [0.4, 0.5) is 0 Å². The smallest absolute Gasteiger partial charge is 0.303 e. The van der Waals surface area contributed by atoms with Crippen molar-refractivity contribution < 1.29 is 63.2 Å². The Bertz CT molecular complexity index is 5250. The van der Waals surface area contributed by atoms with Gasteiger partial charge in [-0.2, -0.15) is 0 Å². The zero-order valence-electron chi connectivity index (χ0n) is 79.1. The van der Waals surface area contributed by atoms with Crippen LogP contribution in [0.5, 0.6) is 0 Å². The van der Waals surface area contributed by atoms with Crippen LogP contribution in [0.2, 0.25) is 0 Å². The summed E-state index contributed by atoms with van der Waals surface area (Å²) in [5, 5.41) is 48.5. The van der Waals surface area contributed by atoms with E-state index in [9.17, 15) is 34.5 Å². The van der Waals surface area contributed by atoms with Gasteiger partial charge in [0.15, 0.2) is 0 Å². The number of hydrogen-bond donors (Lipinski definition) is 6. The van der Waals surface area contributed by atoms with Crippen LogP contribution in [0.15, 0.2) is 211 Å². The number of carboxylic acid groups (broad SMARTS) is 2. The van der Waals surface area contributed by atoms with Crippen molar-refractivity contribution in [1.82, 2.24) is 20.4 Å². The zero-order valence-corrected chi connectivity index (χ0v) is 80.7. The summed E-state index contributed by atoms with van der Waals surface area (Å²) in [5.41, 5.74) is 29.8. The lowest BCUT2D eigenvalue weighted by atomic mass is 9.84. The molecule has 0 aromatic heterocycles. The van der Waals surface area contributed by atoms with Gasteiger partial charge >= 0.3 is 11.9 Å². The number of hydrogen-bond acceptors (Lipinski definition) is 14. The standard InChI is InChI=1S/C51H69N7O4.C45H62BrN7O2.C6H8O2.4H2/c1-13-35-31(3)40-29-43-36(14-2)32(4)48(54-43)38(20-16-15-17-21-46(61)62)49-33(5)37(22-23-45(60)56(24-18-26-57(7,8)9)25-19-27-58(10,11)12)50(55-49)39-28-44(59)47-34(6)41(53-51(39)47)30-42(35)52-40;1-13-30-26(3)34-24-37-31(14-2)27(4)42(49-37)41(46)43-28(5)32(17-18-39(55)51(19-15-21-52(7,8)9)20-16-22-53(10,11)12)44(50-43)33-23-38(54)40-29(6)35(48-45(33)40)25-36(30)47-34;1-2-3-4-5-6(7)8;;;;/h29-30,33,37H,7,13-15,17-19,21-28H2,1-6,8-12H3,(H2-,52,53,54,55,59,61,62);24-25,28,32H,7,13-23H2,1-6,8-12H3,(H-,47,48,49,50,54);1H,3-5H2,(H,7,8);4*1H/p+2/t33-,37-;28-,32-;;;;;/m00...../s1. The molecule has 10 aliphatic heterocycles. The fourth-order valence-corrected chi connectivity index (χ4v) is 19.7. The molecule has 0 aromatic carbocycles. The number of terminal acetylenes is 1. The van der Waals surface area contributed by atoms with Crippen molar-refractivity contribution in [3.63, 3.8) is 0 Å². The summed E-state index contributed by atoms with van der Waals surface area (Å²) < 4.78 is 3.89. The first-order valence-corrected chi connectivity index (χ1v) is 46.1. The number of carboxylic acids is 2. The number of nitrogens with one attached hydrogen (secondary N) is 2. The number of nitrogens with zero attached hydrogens (tertiary/aromatic N) is 12. The van der Waals surface area contributed by atoms with E-state index in [0.717, 1.165) is 268 Å². The Morgan fingerprint density at radius 2 is 0.856 bits per heavy atom. The molecule has 6 N–H and O–H groups in total. The summed E-state index contributed by atoms with van der Waals surface area (Å²) >= 11 is 4.06. The van der Waals surface area contributed by atoms with Gasteiger partial charge in [0, 0.05) is 206 Å². The highest BCUT2D eigenvalue weighted by Gasteiger charge is 2.46. The second-order valence-corrected chi connectivity index (χ2v) is 39.5. The molecule has 2 saturated heterocycles. The molecule has 0 aromatic rings. The maximum absolute atomic E-state index is 14.4. The highest BCUT2D eigenvalue weighted by Crippen LogP contribution is 2.51. The lowest BCUT2D eigenvalue weighted by Gasteiger charge is -2.34. The topological polar surface area (TPSA) is 254 Å². The quantitative estimate of drug-likeness (QED) is 0.0161. The molecule has 2 fully saturated rings. The molecule has 0 radical (unpaired) electrons. The van der Waals surface area contributed by atoms with E-state index in [2.05, 4.69) is 239 Å². The molecule has 16 bridgehead atoms. The normalized spacial score (nSPS) is 20.9. The molecule has 0 saturated carbocycles. The highest BCUT2D eigenvalue weighted by molar-refractivity contribution is 9.12. The van der Waals surface area contributed by atoms with Gasteiger partial charge in [-0.25, -0.2) is 30.0 Å². The number of carbonyl (C=O) groups is 4. The van der Waals surface area contributed by atoms with E-state index in [-0.39, 0.29) is 54.0 Å². The lowest BCUT2D eigenvalue weighted by Crippen LogP contribution is -2.40. The third kappa shape index (κ3) is 23.2. The fraction of sp³-hybridized carbons (Fsp3) is 0.529. The Kier molecular flexibility index (Phi) is 32.0. The first-order valence-electron chi connectivity index (χ1n) is 45.3. The molecule has 12 rings (SSSR count). The summed E-state index contributed by atoms with van der Waals surface area (Å²) in [5.74, 6) is 8.47. The molecule has 125 heavy (non-hydrogen) atoms. The molecule has 22 nitrogen and oxygen atoms in total. The van der Waals surface area contributed by atoms with E-state index >= 15 is 0 Å². The molecular weight excluding hydrogens is 1630 g/mol. The second-order valence-electron chi connectivity index (χ2n) is 38.7. The van der Waals surface area contributed by atoms with Crippen LogP contribution in [0.3, 0.4) is 0 Å². The van der Waals surface area contributed by atoms with E-state index in [1.165, 1.54) is 11.1 Å². The van der Waals surface area contributed by atoms with Crippen LogP contribution in [-0.2, 0) is 19.2 Å². The SMILES string of the molecule is C#CCCCC(=O)O.[CH2-][N+](C)(C)CCCN(CCC[N+](C)(C)C)C(=O)CC[C@@H]1C2=C3CC(O)=C4C3=NC(=C4C)C=C3N=C(C=C4N=C(C(C)=C4CC)C(Br)=C(N2)[C@H]1C)C(C)=C3CC.[CH2-][N+](C)(C)CCCN(CCC[N+](C)(C)C)C(=O)CC[C@@H]1C2=C3CC(O)=C4C3=NC(=C4C)C=C3N=C(C=C4N=C(C(C)=C4CC)C(C#CCCCC(=O)O)=C(N2)[C@H]1C)C(C)=C3CC.[HH].[HH].[HH].[HH]. The minimum atomic E-state index is -0.837. The van der Waals surface area contributed by atoms with Crippen LogP contribution < -0.4 is 10.6 Å². The molecule has 2 aliphatic carbocycles. The molecule has 23 heteroatoms. The fourth-order valence-electron chi connectivity index (χ4n) is 18.9. The second kappa shape index (κ2) is 41.0. The number of unbranched alkanes of at least 4 members (excludes halogenated alkanes) is 2. The minimum Gasteiger partial charge on any atom is -0.511 e. The molecule has 4 atom stereocenters. The average Bonchev–Trinajstić information content (AvgIpc) is 1.58. The minimum absolute atomic E-state index is 0. The van der Waals surface area contributed by atoms with E-state index < -0.39 is 11.9 Å². The number of amides is 2. The number of aliphatic hydroxyl groups excluding tert-OH is 2. The highest BCUT2D eigenvalue weighted by atomic mass is 79.9. The average molecular weight is 1780 g/mol. The number of aliphatic imine (C=N–C) groups is 6. The van der Waals surface area contributed by atoms with Gasteiger partial charge in [0.1, 0.15) is 11.5 Å². The largest absolute Gasteiger partial charge is 0.511 e. The van der Waals surface area contributed by atoms with Crippen molar-refractivity contribution in [1.29, 1.82) is 0 Å². The van der Waals surface area contributed by atoms with Gasteiger partial charge < -0.3 is 58.8 Å². The van der Waals surface area contributed by atoms with E-state index in [1.807, 2.05) is 6.92 Å². The predicted octanol–water partition coefficient (Wildman–Crippen LogP) is 19.3. The lowest BCUT2D eigenvalue weighted by molar-refractivity contribution is -0.870. The molecule has 10 heterocycles. The molecular formula is C102H149BrN14O8+2. The third-order valence-electron chi connectivity index (χ3n) is 25.8. The summed E-state index contributed by atoms with van der Waals surface area (Å²) in [6.45, 7) is 32.4. The Hall–Kier alpha value is -9.62. The number of halogens is 1. The van der Waals surface area contributed by atoms with E-state index in [0.29, 0.717) is 97.8 Å². The number of fused-ring (bicyclic) bond motifs is 10. The Morgan fingerprint density at radius 1 is 0.488 bits per heavy atom. The van der Waals surface area contributed by atoms with Gasteiger partial charge in [-0.05, 0) is 189 Å². The van der Waals surface area contributed by atoms with Gasteiger partial charge in [-0.15, -0.1) is 26.4 Å². The molecule has 0 unspecified atom stereocenters. The number of allylic oxidation sites excluding steroid dienone is 24.